The van der Waals surface area contributed by atoms with Crippen molar-refractivity contribution in [2.24, 2.45) is 5.92 Å². The number of carbonyl (C=O) groups excluding carboxylic acids is 1. The van der Waals surface area contributed by atoms with E-state index in [-0.39, 0.29) is 5.91 Å². The average Bonchev–Trinajstić information content (AvgIpc) is 3.27. The quantitative estimate of drug-likeness (QED) is 0.587. The molecule has 7 heteroatoms. The lowest BCUT2D eigenvalue weighted by molar-refractivity contribution is -0.116. The molecule has 0 radical (unpaired) electrons. The molecule has 0 saturated heterocycles. The maximum Gasteiger partial charge on any atom is 0.224 e. The molecule has 1 aliphatic rings. The van der Waals surface area contributed by atoms with E-state index in [1.54, 1.807) is 0 Å². The molecule has 1 aromatic carbocycles. The van der Waals surface area contributed by atoms with Crippen LogP contribution in [0.1, 0.15) is 61.9 Å². The van der Waals surface area contributed by atoms with E-state index in [1.807, 2.05) is 32.0 Å². The predicted molar refractivity (Wildman–Crippen MR) is 115 cm³/mol. The van der Waals surface area contributed by atoms with E-state index in [0.29, 0.717) is 24.8 Å². The summed E-state index contributed by atoms with van der Waals surface area (Å²) in [5.41, 5.74) is 3.82. The van der Waals surface area contributed by atoms with Gasteiger partial charge in [-0.25, -0.2) is 0 Å². The fourth-order valence-corrected chi connectivity index (χ4v) is 3.69. The molecule has 0 bridgehead atoms. The number of aryl methyl sites for hydroxylation is 3. The van der Waals surface area contributed by atoms with Gasteiger partial charge in [-0.05, 0) is 44.2 Å². The molecule has 7 nitrogen and oxygen atoms in total. The topological polar surface area (TPSA) is 85.8 Å². The van der Waals surface area contributed by atoms with Crippen molar-refractivity contribution in [3.8, 4) is 11.5 Å². The number of rotatable bonds is 8. The maximum atomic E-state index is 12.5. The lowest BCUT2D eigenvalue weighted by Gasteiger charge is -2.10. The monoisotopic (exact) mass is 407 g/mol. The summed E-state index contributed by atoms with van der Waals surface area (Å²) >= 11 is 0. The molecular formula is C23H29N5O2. The van der Waals surface area contributed by atoms with E-state index in [9.17, 15) is 4.79 Å². The SMILES string of the molecule is Cc1ccc(NC(=O)CCc2nnc(-c3cc(CC(C)C)on3)n2C2CC2)c(C)c1. The number of nitrogens with zero attached hydrogens (tertiary/aromatic N) is 4. The summed E-state index contributed by atoms with van der Waals surface area (Å²) in [7, 11) is 0. The van der Waals surface area contributed by atoms with Crippen LogP contribution in [0.2, 0.25) is 0 Å². The van der Waals surface area contributed by atoms with E-state index in [2.05, 4.69) is 45.2 Å². The summed E-state index contributed by atoms with van der Waals surface area (Å²) in [6, 6.07) is 8.37. The largest absolute Gasteiger partial charge is 0.361 e. The number of carbonyl (C=O) groups is 1. The van der Waals surface area contributed by atoms with Crippen LogP contribution in [0.15, 0.2) is 28.8 Å². The van der Waals surface area contributed by atoms with Crippen molar-refractivity contribution in [2.45, 2.75) is 65.8 Å². The third kappa shape index (κ3) is 4.61. The molecule has 0 aliphatic heterocycles. The third-order valence-electron chi connectivity index (χ3n) is 5.31. The van der Waals surface area contributed by atoms with Crippen molar-refractivity contribution < 1.29 is 9.32 Å². The van der Waals surface area contributed by atoms with Crippen LogP contribution in [0.25, 0.3) is 11.5 Å². The first-order valence-corrected chi connectivity index (χ1v) is 10.7. The van der Waals surface area contributed by atoms with Gasteiger partial charge < -0.3 is 14.4 Å². The van der Waals surface area contributed by atoms with Crippen molar-refractivity contribution in [1.29, 1.82) is 0 Å². The van der Waals surface area contributed by atoms with Crippen molar-refractivity contribution >= 4 is 11.6 Å². The molecule has 1 saturated carbocycles. The Hall–Kier alpha value is -2.96. The molecule has 2 aromatic heterocycles. The van der Waals surface area contributed by atoms with Gasteiger partial charge in [-0.2, -0.15) is 0 Å². The number of hydrogen-bond acceptors (Lipinski definition) is 5. The van der Waals surface area contributed by atoms with Gasteiger partial charge in [0, 0.05) is 37.1 Å². The number of hydrogen-bond donors (Lipinski definition) is 1. The molecule has 158 valence electrons. The molecule has 0 atom stereocenters. The first kappa shape index (κ1) is 20.3. The molecule has 2 heterocycles. The third-order valence-corrected chi connectivity index (χ3v) is 5.31. The summed E-state index contributed by atoms with van der Waals surface area (Å²) in [5.74, 6) is 2.91. The summed E-state index contributed by atoms with van der Waals surface area (Å²) < 4.78 is 7.62. The second-order valence-electron chi connectivity index (χ2n) is 8.68. The zero-order valence-corrected chi connectivity index (χ0v) is 18.1. The van der Waals surface area contributed by atoms with Crippen LogP contribution in [0.3, 0.4) is 0 Å². The van der Waals surface area contributed by atoms with E-state index in [4.69, 9.17) is 4.52 Å². The molecule has 1 N–H and O–H groups in total. The zero-order valence-electron chi connectivity index (χ0n) is 18.1. The highest BCUT2D eigenvalue weighted by atomic mass is 16.5. The van der Waals surface area contributed by atoms with Crippen LogP contribution < -0.4 is 5.32 Å². The van der Waals surface area contributed by atoms with Crippen LogP contribution >= 0.6 is 0 Å². The van der Waals surface area contributed by atoms with Crippen LogP contribution in [0, 0.1) is 19.8 Å². The Balaban J connectivity index is 1.46. The first-order valence-electron chi connectivity index (χ1n) is 10.7. The Labute approximate surface area is 176 Å². The van der Waals surface area contributed by atoms with Crippen molar-refractivity contribution in [3.63, 3.8) is 0 Å². The smallest absolute Gasteiger partial charge is 0.224 e. The molecule has 1 amide bonds. The summed E-state index contributed by atoms with van der Waals surface area (Å²) in [5, 5.41) is 16.0. The van der Waals surface area contributed by atoms with Crippen molar-refractivity contribution in [2.75, 3.05) is 5.32 Å². The fourth-order valence-electron chi connectivity index (χ4n) is 3.69. The van der Waals surface area contributed by atoms with E-state index >= 15 is 0 Å². The maximum absolute atomic E-state index is 12.5. The molecular weight excluding hydrogens is 378 g/mol. The van der Waals surface area contributed by atoms with Gasteiger partial charge in [-0.1, -0.05) is 36.7 Å². The summed E-state index contributed by atoms with van der Waals surface area (Å²) in [4.78, 5) is 12.5. The first-order chi connectivity index (χ1) is 14.4. The van der Waals surface area contributed by atoms with Gasteiger partial charge in [0.1, 0.15) is 11.6 Å². The normalized spacial score (nSPS) is 13.8. The Morgan fingerprint density at radius 2 is 2.03 bits per heavy atom. The molecule has 3 aromatic rings. The highest BCUT2D eigenvalue weighted by Gasteiger charge is 2.31. The van der Waals surface area contributed by atoms with E-state index < -0.39 is 0 Å². The minimum absolute atomic E-state index is 0.0190. The molecule has 4 rings (SSSR count). The molecule has 1 aliphatic carbocycles. The average molecular weight is 408 g/mol. The molecule has 0 spiro atoms. The highest BCUT2D eigenvalue weighted by Crippen LogP contribution is 2.39. The van der Waals surface area contributed by atoms with Gasteiger partial charge in [0.05, 0.1) is 0 Å². The molecule has 0 unspecified atom stereocenters. The van der Waals surface area contributed by atoms with Gasteiger partial charge in [-0.15, -0.1) is 10.2 Å². The standard InChI is InChI=1S/C23H29N5O2/c1-14(2)11-18-13-20(27-30-18)23-26-25-21(28(23)17-6-7-17)9-10-22(29)24-19-8-5-15(3)12-16(19)4/h5,8,12-14,17H,6-7,9-11H2,1-4H3,(H,24,29). The Bertz CT molecular complexity index is 1050. The zero-order chi connectivity index (χ0) is 21.3. The van der Waals surface area contributed by atoms with Gasteiger partial charge in [0.15, 0.2) is 11.5 Å². The molecule has 1 fully saturated rings. The van der Waals surface area contributed by atoms with Gasteiger partial charge >= 0.3 is 0 Å². The van der Waals surface area contributed by atoms with Crippen LogP contribution in [0.4, 0.5) is 5.69 Å². The van der Waals surface area contributed by atoms with Crippen LogP contribution in [-0.2, 0) is 17.6 Å². The molecule has 30 heavy (non-hydrogen) atoms. The number of nitrogens with one attached hydrogen (secondary N) is 1. The van der Waals surface area contributed by atoms with Crippen LogP contribution in [0.5, 0.6) is 0 Å². The Morgan fingerprint density at radius 1 is 1.23 bits per heavy atom. The van der Waals surface area contributed by atoms with Gasteiger partial charge in [0.25, 0.3) is 0 Å². The number of aromatic nitrogens is 4. The second-order valence-corrected chi connectivity index (χ2v) is 8.68. The van der Waals surface area contributed by atoms with Crippen LogP contribution in [-0.4, -0.2) is 25.8 Å². The number of benzene rings is 1. The summed E-state index contributed by atoms with van der Waals surface area (Å²) in [6.45, 7) is 8.35. The van der Waals surface area contributed by atoms with E-state index in [1.165, 1.54) is 5.56 Å². The number of amides is 1. The van der Waals surface area contributed by atoms with E-state index in [0.717, 1.165) is 53.6 Å². The fraction of sp³-hybridized carbons (Fsp3) is 0.478. The number of anilines is 1. The van der Waals surface area contributed by atoms with Gasteiger partial charge in [0.2, 0.25) is 5.91 Å². The highest BCUT2D eigenvalue weighted by molar-refractivity contribution is 5.91. The summed E-state index contributed by atoms with van der Waals surface area (Å²) in [6.07, 6.45) is 3.94. The minimum Gasteiger partial charge on any atom is -0.361 e. The Kier molecular flexibility index (Phi) is 5.70. The predicted octanol–water partition coefficient (Wildman–Crippen LogP) is 4.65. The lowest BCUT2D eigenvalue weighted by Crippen LogP contribution is -2.15. The van der Waals surface area contributed by atoms with Crippen molar-refractivity contribution in [1.82, 2.24) is 19.9 Å². The minimum atomic E-state index is -0.0190. The van der Waals surface area contributed by atoms with Gasteiger partial charge in [-0.3, -0.25) is 4.79 Å². The Morgan fingerprint density at radius 3 is 2.73 bits per heavy atom. The van der Waals surface area contributed by atoms with Crippen molar-refractivity contribution in [3.05, 3.63) is 47.0 Å². The second kappa shape index (κ2) is 8.42. The lowest BCUT2D eigenvalue weighted by atomic mass is 10.1.